The maximum atomic E-state index is 13.4. The third kappa shape index (κ3) is 4.27. The summed E-state index contributed by atoms with van der Waals surface area (Å²) in [5.41, 5.74) is 3.59. The van der Waals surface area contributed by atoms with Gasteiger partial charge in [-0.3, -0.25) is 14.6 Å². The number of Topliss-reactive ketones (excluding diaryl/α,β-unsaturated/α-hetero) is 1. The predicted octanol–water partition coefficient (Wildman–Crippen LogP) is 3.27. The van der Waals surface area contributed by atoms with Crippen molar-refractivity contribution in [2.24, 2.45) is 4.99 Å². The second-order valence-electron chi connectivity index (χ2n) is 6.77. The van der Waals surface area contributed by atoms with E-state index in [9.17, 15) is 14.7 Å². The summed E-state index contributed by atoms with van der Waals surface area (Å²) in [5.74, 6) is 0.451. The lowest BCUT2D eigenvalue weighted by molar-refractivity contribution is -0.116. The zero-order valence-electron chi connectivity index (χ0n) is 16.7. The van der Waals surface area contributed by atoms with Crippen molar-refractivity contribution < 1.29 is 24.2 Å². The molecule has 6 nitrogen and oxygen atoms in total. The number of ketones is 2. The minimum Gasteiger partial charge on any atom is -0.493 e. The number of nitrogens with zero attached hydrogens (tertiary/aromatic N) is 1. The Bertz CT molecular complexity index is 995. The van der Waals surface area contributed by atoms with Gasteiger partial charge in [-0.2, -0.15) is 0 Å². The van der Waals surface area contributed by atoms with E-state index in [4.69, 9.17) is 9.47 Å². The van der Waals surface area contributed by atoms with Crippen molar-refractivity contribution >= 4 is 17.3 Å². The lowest BCUT2D eigenvalue weighted by Crippen LogP contribution is -2.11. The average molecular weight is 393 g/mol. The Balaban J connectivity index is 2.11. The Kier molecular flexibility index (Phi) is 6.24. The molecule has 1 aliphatic rings. The van der Waals surface area contributed by atoms with Gasteiger partial charge >= 0.3 is 0 Å². The molecule has 150 valence electrons. The fraction of sp³-hybridized carbons (Fsp3) is 0.261. The first-order chi connectivity index (χ1) is 14.0. The Morgan fingerprint density at radius 2 is 1.90 bits per heavy atom. The van der Waals surface area contributed by atoms with Crippen LogP contribution < -0.4 is 9.47 Å². The SMILES string of the molecule is COc1cc(C(=O)c2cc(C3=NC=CC3)ccc2CC(C)=O)cc(CO)c1OC. The maximum absolute atomic E-state index is 13.4. The first kappa shape index (κ1) is 20.5. The number of aliphatic hydroxyl groups is 1. The third-order valence-electron chi connectivity index (χ3n) is 4.76. The number of allylic oxidation sites excluding steroid dienone is 1. The van der Waals surface area contributed by atoms with Gasteiger partial charge in [0, 0.05) is 35.7 Å². The molecule has 0 amide bonds. The van der Waals surface area contributed by atoms with E-state index in [1.165, 1.54) is 21.1 Å². The van der Waals surface area contributed by atoms with Crippen LogP contribution in [0, 0.1) is 0 Å². The lowest BCUT2D eigenvalue weighted by Gasteiger charge is -2.15. The maximum Gasteiger partial charge on any atom is 0.193 e. The van der Waals surface area contributed by atoms with E-state index >= 15 is 0 Å². The van der Waals surface area contributed by atoms with Crippen molar-refractivity contribution in [2.75, 3.05) is 14.2 Å². The van der Waals surface area contributed by atoms with E-state index in [0.29, 0.717) is 40.2 Å². The third-order valence-corrected chi connectivity index (χ3v) is 4.76. The van der Waals surface area contributed by atoms with E-state index < -0.39 is 0 Å². The van der Waals surface area contributed by atoms with Crippen molar-refractivity contribution in [1.29, 1.82) is 0 Å². The van der Waals surface area contributed by atoms with Gasteiger partial charge in [-0.25, -0.2) is 0 Å². The van der Waals surface area contributed by atoms with Gasteiger partial charge in [-0.1, -0.05) is 18.2 Å². The van der Waals surface area contributed by atoms with Gasteiger partial charge in [-0.15, -0.1) is 0 Å². The summed E-state index contributed by atoms with van der Waals surface area (Å²) in [4.78, 5) is 29.5. The van der Waals surface area contributed by atoms with Crippen LogP contribution in [-0.4, -0.2) is 36.6 Å². The second kappa shape index (κ2) is 8.84. The quantitative estimate of drug-likeness (QED) is 0.696. The zero-order valence-corrected chi connectivity index (χ0v) is 16.7. The number of carbonyl (C=O) groups excluding carboxylic acids is 2. The number of hydrogen-bond donors (Lipinski definition) is 1. The summed E-state index contributed by atoms with van der Waals surface area (Å²) in [6, 6.07) is 8.64. The minimum atomic E-state index is -0.302. The van der Waals surface area contributed by atoms with Crippen LogP contribution in [0.2, 0.25) is 0 Å². The number of aliphatic imine (C=N–C) groups is 1. The zero-order chi connectivity index (χ0) is 21.0. The molecule has 2 aromatic rings. The standard InChI is InChI=1S/C23H23NO5/c1-14(26)9-15-6-7-16(20-5-4-8-24-20)11-19(15)22(27)17-10-18(13-25)23(29-3)21(12-17)28-2/h4,6-8,10-12,25H,5,9,13H2,1-3H3. The van der Waals surface area contributed by atoms with Crippen molar-refractivity contribution in [3.05, 3.63) is 70.4 Å². The molecule has 0 aliphatic carbocycles. The topological polar surface area (TPSA) is 85.2 Å². The Morgan fingerprint density at radius 3 is 2.48 bits per heavy atom. The molecule has 2 aromatic carbocycles. The molecule has 0 aromatic heterocycles. The smallest absolute Gasteiger partial charge is 0.193 e. The normalized spacial score (nSPS) is 12.6. The van der Waals surface area contributed by atoms with Gasteiger partial charge in [0.2, 0.25) is 0 Å². The Hall–Kier alpha value is -3.25. The first-order valence-electron chi connectivity index (χ1n) is 9.23. The largest absolute Gasteiger partial charge is 0.493 e. The van der Waals surface area contributed by atoms with Crippen LogP contribution in [0.1, 0.15) is 46.0 Å². The number of benzene rings is 2. The fourth-order valence-electron chi connectivity index (χ4n) is 3.39. The molecule has 0 atom stereocenters. The van der Waals surface area contributed by atoms with Crippen LogP contribution >= 0.6 is 0 Å². The average Bonchev–Trinajstić information content (AvgIpc) is 3.26. The van der Waals surface area contributed by atoms with Crippen LogP contribution in [0.5, 0.6) is 11.5 Å². The highest BCUT2D eigenvalue weighted by Gasteiger charge is 2.21. The lowest BCUT2D eigenvalue weighted by atomic mass is 9.91. The summed E-state index contributed by atoms with van der Waals surface area (Å²) < 4.78 is 10.6. The summed E-state index contributed by atoms with van der Waals surface area (Å²) in [7, 11) is 2.95. The number of aliphatic hydroxyl groups excluding tert-OH is 1. The van der Waals surface area contributed by atoms with Crippen LogP contribution in [0.4, 0.5) is 0 Å². The molecule has 0 saturated heterocycles. The van der Waals surface area contributed by atoms with Crippen molar-refractivity contribution in [1.82, 2.24) is 0 Å². The van der Waals surface area contributed by atoms with Crippen LogP contribution in [0.3, 0.4) is 0 Å². The monoisotopic (exact) mass is 393 g/mol. The number of rotatable bonds is 8. The summed E-state index contributed by atoms with van der Waals surface area (Å²) in [5, 5.41) is 9.69. The highest BCUT2D eigenvalue weighted by Crippen LogP contribution is 2.34. The molecule has 1 aliphatic heterocycles. The van der Waals surface area contributed by atoms with E-state index in [0.717, 1.165) is 11.3 Å². The van der Waals surface area contributed by atoms with Crippen molar-refractivity contribution in [2.45, 2.75) is 26.4 Å². The van der Waals surface area contributed by atoms with E-state index in [1.54, 1.807) is 30.5 Å². The Labute approximate surface area is 169 Å². The molecule has 1 N–H and O–H groups in total. The highest BCUT2D eigenvalue weighted by atomic mass is 16.5. The molecule has 3 rings (SSSR count). The second-order valence-corrected chi connectivity index (χ2v) is 6.77. The summed E-state index contributed by atoms with van der Waals surface area (Å²) in [6.07, 6.45) is 4.54. The highest BCUT2D eigenvalue weighted by molar-refractivity contribution is 6.13. The van der Waals surface area contributed by atoms with Gasteiger partial charge < -0.3 is 14.6 Å². The summed E-state index contributed by atoms with van der Waals surface area (Å²) in [6.45, 7) is 1.19. The van der Waals surface area contributed by atoms with Gasteiger partial charge in [0.05, 0.1) is 26.5 Å². The van der Waals surface area contributed by atoms with Crippen LogP contribution in [-0.2, 0) is 17.8 Å². The number of hydrogen-bond acceptors (Lipinski definition) is 6. The van der Waals surface area contributed by atoms with Crippen LogP contribution in [0.15, 0.2) is 47.6 Å². The molecule has 0 fully saturated rings. The minimum absolute atomic E-state index is 0.0324. The molecular weight excluding hydrogens is 370 g/mol. The molecular formula is C23H23NO5. The molecule has 6 heteroatoms. The van der Waals surface area contributed by atoms with Crippen molar-refractivity contribution in [3.63, 3.8) is 0 Å². The van der Waals surface area contributed by atoms with Gasteiger partial charge in [0.15, 0.2) is 17.3 Å². The molecule has 0 radical (unpaired) electrons. The summed E-state index contributed by atoms with van der Waals surface area (Å²) >= 11 is 0. The van der Waals surface area contributed by atoms with Crippen LogP contribution in [0.25, 0.3) is 0 Å². The van der Waals surface area contributed by atoms with E-state index in [2.05, 4.69) is 4.99 Å². The molecule has 0 saturated carbocycles. The Morgan fingerprint density at radius 1 is 1.10 bits per heavy atom. The number of carbonyl (C=O) groups is 2. The predicted molar refractivity (Wildman–Crippen MR) is 110 cm³/mol. The van der Waals surface area contributed by atoms with Gasteiger partial charge in [0.25, 0.3) is 0 Å². The fourth-order valence-corrected chi connectivity index (χ4v) is 3.39. The molecule has 1 heterocycles. The van der Waals surface area contributed by atoms with E-state index in [-0.39, 0.29) is 24.6 Å². The van der Waals surface area contributed by atoms with Gasteiger partial charge in [0.1, 0.15) is 5.78 Å². The first-order valence-corrected chi connectivity index (χ1v) is 9.23. The number of methoxy groups -OCH3 is 2. The number of ether oxygens (including phenoxy) is 2. The van der Waals surface area contributed by atoms with E-state index in [1.807, 2.05) is 12.1 Å². The molecule has 29 heavy (non-hydrogen) atoms. The van der Waals surface area contributed by atoms with Gasteiger partial charge in [-0.05, 0) is 36.2 Å². The molecule has 0 unspecified atom stereocenters. The molecule has 0 bridgehead atoms. The molecule has 0 spiro atoms. The van der Waals surface area contributed by atoms with Crippen molar-refractivity contribution in [3.8, 4) is 11.5 Å².